The standard InChI is InChI=1S/C17H10ClF3N4O3/c18-10-3-9(7-22)4-12(5-10)28-15-13(17(19,20)21)1-2-25(16(15)27)8-11-6-14(26)24-23-11/h1-5H,6,8H2,(H,24,26). The largest absolute Gasteiger partial charge is 0.451 e. The molecule has 0 aliphatic carbocycles. The molecule has 28 heavy (non-hydrogen) atoms. The lowest BCUT2D eigenvalue weighted by atomic mass is 10.2. The van der Waals surface area contributed by atoms with Crippen LogP contribution in [0.15, 0.2) is 40.4 Å². The predicted molar refractivity (Wildman–Crippen MR) is 92.1 cm³/mol. The van der Waals surface area contributed by atoms with Gasteiger partial charge in [-0.3, -0.25) is 9.59 Å². The maximum absolute atomic E-state index is 13.4. The second-order valence-corrected chi connectivity index (χ2v) is 6.21. The molecule has 2 aromatic rings. The summed E-state index contributed by atoms with van der Waals surface area (Å²) in [5, 5.41) is 12.7. The number of hydrazone groups is 1. The zero-order valence-electron chi connectivity index (χ0n) is 13.9. The van der Waals surface area contributed by atoms with Crippen molar-refractivity contribution in [2.75, 3.05) is 0 Å². The average Bonchev–Trinajstić information content (AvgIpc) is 3.01. The monoisotopic (exact) mass is 410 g/mol. The lowest BCUT2D eigenvalue weighted by Gasteiger charge is -2.15. The van der Waals surface area contributed by atoms with Crippen LogP contribution >= 0.6 is 11.6 Å². The van der Waals surface area contributed by atoms with Crippen molar-refractivity contribution >= 4 is 23.2 Å². The van der Waals surface area contributed by atoms with Gasteiger partial charge in [-0.1, -0.05) is 11.6 Å². The Bertz CT molecular complexity index is 1090. The average molecular weight is 411 g/mol. The van der Waals surface area contributed by atoms with Crippen molar-refractivity contribution in [2.45, 2.75) is 19.1 Å². The number of aromatic nitrogens is 1. The van der Waals surface area contributed by atoms with Gasteiger partial charge in [0, 0.05) is 11.2 Å². The highest BCUT2D eigenvalue weighted by atomic mass is 35.5. The van der Waals surface area contributed by atoms with Crippen molar-refractivity contribution in [3.8, 4) is 17.6 Å². The number of benzene rings is 1. The Morgan fingerprint density at radius 2 is 2.07 bits per heavy atom. The van der Waals surface area contributed by atoms with E-state index >= 15 is 0 Å². The predicted octanol–water partition coefficient (Wildman–Crippen LogP) is 3.06. The van der Waals surface area contributed by atoms with Crippen molar-refractivity contribution in [3.05, 3.63) is 57.0 Å². The molecule has 1 amide bonds. The second kappa shape index (κ2) is 7.36. The lowest BCUT2D eigenvalue weighted by molar-refractivity contribution is -0.138. The topological polar surface area (TPSA) is 96.5 Å². The zero-order valence-corrected chi connectivity index (χ0v) is 14.6. The fourth-order valence-corrected chi connectivity index (χ4v) is 2.72. The molecule has 1 aliphatic rings. The number of pyridine rings is 1. The molecule has 0 saturated heterocycles. The number of ether oxygens (including phenoxy) is 1. The van der Waals surface area contributed by atoms with Crippen molar-refractivity contribution in [1.29, 1.82) is 5.26 Å². The summed E-state index contributed by atoms with van der Waals surface area (Å²) < 4.78 is 46.2. The molecule has 0 unspecified atom stereocenters. The summed E-state index contributed by atoms with van der Waals surface area (Å²) in [5.41, 5.74) is 0.177. The fraction of sp³-hybridized carbons (Fsp3) is 0.176. The van der Waals surface area contributed by atoms with Gasteiger partial charge in [-0.15, -0.1) is 0 Å². The minimum Gasteiger partial charge on any atom is -0.451 e. The minimum absolute atomic E-state index is 0.0530. The molecule has 144 valence electrons. The molecule has 0 bridgehead atoms. The maximum atomic E-state index is 13.4. The fourth-order valence-electron chi connectivity index (χ4n) is 2.50. The molecule has 11 heteroatoms. The Morgan fingerprint density at radius 3 is 2.68 bits per heavy atom. The van der Waals surface area contributed by atoms with E-state index in [4.69, 9.17) is 21.6 Å². The van der Waals surface area contributed by atoms with Crippen LogP contribution in [0.5, 0.6) is 11.5 Å². The molecular weight excluding hydrogens is 401 g/mol. The van der Waals surface area contributed by atoms with Crippen molar-refractivity contribution in [1.82, 2.24) is 9.99 Å². The summed E-state index contributed by atoms with van der Waals surface area (Å²) in [6.07, 6.45) is -3.97. The van der Waals surface area contributed by atoms with Crippen molar-refractivity contribution < 1.29 is 22.7 Å². The molecule has 2 heterocycles. The number of carbonyl (C=O) groups excluding carboxylic acids is 1. The van der Waals surface area contributed by atoms with Gasteiger partial charge in [-0.25, -0.2) is 5.43 Å². The van der Waals surface area contributed by atoms with E-state index in [2.05, 4.69) is 10.5 Å². The van der Waals surface area contributed by atoms with Gasteiger partial charge in [-0.2, -0.15) is 23.5 Å². The van der Waals surface area contributed by atoms with E-state index in [1.165, 1.54) is 12.1 Å². The first kappa shape index (κ1) is 19.4. The van der Waals surface area contributed by atoms with E-state index in [1.54, 1.807) is 6.07 Å². The summed E-state index contributed by atoms with van der Waals surface area (Å²) in [7, 11) is 0. The molecule has 0 radical (unpaired) electrons. The first-order valence-electron chi connectivity index (χ1n) is 7.71. The molecule has 0 spiro atoms. The summed E-state index contributed by atoms with van der Waals surface area (Å²) in [5.74, 6) is -1.55. The summed E-state index contributed by atoms with van der Waals surface area (Å²) in [6.45, 7) is -0.189. The molecule has 1 N–H and O–H groups in total. The number of amides is 1. The van der Waals surface area contributed by atoms with Crippen molar-refractivity contribution in [3.63, 3.8) is 0 Å². The number of hydrogen-bond acceptors (Lipinski definition) is 5. The van der Waals surface area contributed by atoms with Crippen LogP contribution in [0.1, 0.15) is 17.5 Å². The molecule has 7 nitrogen and oxygen atoms in total. The highest BCUT2D eigenvalue weighted by Gasteiger charge is 2.36. The van der Waals surface area contributed by atoms with Crippen LogP contribution in [0.3, 0.4) is 0 Å². The molecule has 1 aliphatic heterocycles. The number of nitrogens with one attached hydrogen (secondary N) is 1. The molecule has 1 aromatic carbocycles. The number of nitrogens with zero attached hydrogens (tertiary/aromatic N) is 3. The van der Waals surface area contributed by atoms with Crippen LogP contribution in [0.4, 0.5) is 13.2 Å². The van der Waals surface area contributed by atoms with Gasteiger partial charge in [0.15, 0.2) is 0 Å². The maximum Gasteiger partial charge on any atom is 0.420 e. The summed E-state index contributed by atoms with van der Waals surface area (Å²) in [6, 6.07) is 6.12. The van der Waals surface area contributed by atoms with E-state index in [9.17, 15) is 22.8 Å². The van der Waals surface area contributed by atoms with Crippen LogP contribution in [-0.4, -0.2) is 16.2 Å². The summed E-state index contributed by atoms with van der Waals surface area (Å²) in [4.78, 5) is 23.8. The first-order chi connectivity index (χ1) is 13.2. The van der Waals surface area contributed by atoms with Gasteiger partial charge < -0.3 is 9.30 Å². The highest BCUT2D eigenvalue weighted by molar-refractivity contribution is 6.30. The van der Waals surface area contributed by atoms with Gasteiger partial charge in [0.05, 0.1) is 30.3 Å². The van der Waals surface area contributed by atoms with Gasteiger partial charge in [-0.05, 0) is 24.3 Å². The van der Waals surface area contributed by atoms with Crippen LogP contribution in [0.2, 0.25) is 5.02 Å². The Labute approximate surface area is 160 Å². The van der Waals surface area contributed by atoms with E-state index in [0.29, 0.717) is 6.07 Å². The van der Waals surface area contributed by atoms with Crippen LogP contribution in [-0.2, 0) is 17.5 Å². The van der Waals surface area contributed by atoms with Crippen LogP contribution in [0, 0.1) is 11.3 Å². The van der Waals surface area contributed by atoms with Gasteiger partial charge >= 0.3 is 6.18 Å². The third-order valence-corrected chi connectivity index (χ3v) is 3.92. The van der Waals surface area contributed by atoms with Gasteiger partial charge in [0.2, 0.25) is 11.7 Å². The molecule has 0 atom stereocenters. The number of carbonyl (C=O) groups is 1. The molecule has 1 aromatic heterocycles. The highest BCUT2D eigenvalue weighted by Crippen LogP contribution is 2.36. The lowest BCUT2D eigenvalue weighted by Crippen LogP contribution is -2.27. The SMILES string of the molecule is N#Cc1cc(Cl)cc(Oc2c(C(F)(F)F)ccn(CC3=NNC(=O)C3)c2=O)c1. The van der Waals surface area contributed by atoms with E-state index in [1.807, 2.05) is 0 Å². The Kier molecular flexibility index (Phi) is 5.11. The Hall–Kier alpha value is -3.32. The second-order valence-electron chi connectivity index (χ2n) is 5.77. The van der Waals surface area contributed by atoms with Gasteiger partial charge in [0.25, 0.3) is 5.56 Å². The molecule has 0 fully saturated rings. The number of halogens is 4. The number of rotatable bonds is 4. The smallest absolute Gasteiger partial charge is 0.420 e. The molecule has 0 saturated carbocycles. The van der Waals surface area contributed by atoms with E-state index < -0.39 is 23.0 Å². The molecule has 3 rings (SSSR count). The molecular formula is C17H10ClF3N4O3. The van der Waals surface area contributed by atoms with Crippen LogP contribution in [0.25, 0.3) is 0 Å². The number of hydrogen-bond donors (Lipinski definition) is 1. The van der Waals surface area contributed by atoms with Gasteiger partial charge in [0.1, 0.15) is 11.3 Å². The Morgan fingerprint density at radius 1 is 1.32 bits per heavy atom. The third kappa shape index (κ3) is 4.15. The summed E-state index contributed by atoms with van der Waals surface area (Å²) >= 11 is 5.83. The van der Waals surface area contributed by atoms with E-state index in [-0.39, 0.29) is 40.9 Å². The minimum atomic E-state index is -4.85. The van der Waals surface area contributed by atoms with Crippen molar-refractivity contribution in [2.24, 2.45) is 5.10 Å². The zero-order chi connectivity index (χ0) is 20.5. The van der Waals surface area contributed by atoms with E-state index in [0.717, 1.165) is 16.8 Å². The van der Waals surface area contributed by atoms with Crippen LogP contribution < -0.4 is 15.7 Å². The third-order valence-electron chi connectivity index (χ3n) is 3.70. The Balaban J connectivity index is 2.05. The number of alkyl halides is 3. The normalized spacial score (nSPS) is 13.7. The quantitative estimate of drug-likeness (QED) is 0.837. The first-order valence-corrected chi connectivity index (χ1v) is 8.08. The number of nitriles is 1.